The predicted molar refractivity (Wildman–Crippen MR) is 91.4 cm³/mol. The van der Waals surface area contributed by atoms with Crippen LogP contribution in [0.1, 0.15) is 42.3 Å². The van der Waals surface area contributed by atoms with Crippen molar-refractivity contribution < 1.29 is 9.53 Å². The molecule has 0 heterocycles. The first kappa shape index (κ1) is 17.5. The van der Waals surface area contributed by atoms with E-state index in [9.17, 15) is 4.79 Å². The van der Waals surface area contributed by atoms with Crippen LogP contribution in [0.2, 0.25) is 0 Å². The fourth-order valence-corrected chi connectivity index (χ4v) is 1.89. The third kappa shape index (κ3) is 4.79. The van der Waals surface area contributed by atoms with Crippen molar-refractivity contribution in [1.82, 2.24) is 0 Å². The first-order valence-electron chi connectivity index (χ1n) is 7.54. The predicted octanol–water partition coefficient (Wildman–Crippen LogP) is 4.52. The lowest BCUT2D eigenvalue weighted by Gasteiger charge is -2.05. The molecule has 0 unspecified atom stereocenters. The molecule has 0 radical (unpaired) electrons. The number of aryl methyl sites for hydroxylation is 1. The summed E-state index contributed by atoms with van der Waals surface area (Å²) in [6, 6.07) is 14.7. The maximum Gasteiger partial charge on any atom is 0.193 e. The summed E-state index contributed by atoms with van der Waals surface area (Å²) in [5.74, 6) is 3.08. The summed E-state index contributed by atoms with van der Waals surface area (Å²) in [7, 11) is 0. The first-order valence-corrected chi connectivity index (χ1v) is 7.54. The number of hydrogen-bond acceptors (Lipinski definition) is 2. The van der Waals surface area contributed by atoms with Gasteiger partial charge in [-0.2, -0.15) is 0 Å². The van der Waals surface area contributed by atoms with E-state index in [0.717, 1.165) is 6.42 Å². The SMILES string of the molecule is C#CCOc1ccc(C(=O)c2ccc(CC)cc2)cc1.CC. The molecule has 0 saturated carbocycles. The van der Waals surface area contributed by atoms with Crippen molar-refractivity contribution in [3.63, 3.8) is 0 Å². The lowest BCUT2D eigenvalue weighted by Crippen LogP contribution is -2.01. The second kappa shape index (κ2) is 9.41. The van der Waals surface area contributed by atoms with Gasteiger partial charge in [0.15, 0.2) is 5.78 Å². The number of benzene rings is 2. The highest BCUT2D eigenvalue weighted by atomic mass is 16.5. The van der Waals surface area contributed by atoms with E-state index in [-0.39, 0.29) is 12.4 Å². The van der Waals surface area contributed by atoms with Gasteiger partial charge in [-0.25, -0.2) is 0 Å². The number of terminal acetylenes is 1. The number of ketones is 1. The molecule has 0 aliphatic heterocycles. The van der Waals surface area contributed by atoms with Gasteiger partial charge in [-0.3, -0.25) is 4.79 Å². The summed E-state index contributed by atoms with van der Waals surface area (Å²) in [6.45, 7) is 6.32. The Labute approximate surface area is 133 Å². The van der Waals surface area contributed by atoms with Crippen LogP contribution in [-0.4, -0.2) is 12.4 Å². The molecule has 2 aromatic rings. The standard InChI is InChI=1S/C18H16O2.C2H6/c1-3-13-20-17-11-9-16(10-12-17)18(19)15-7-5-14(4-2)6-8-15;1-2/h1,5-12H,4,13H2,2H3;1-2H3. The summed E-state index contributed by atoms with van der Waals surface area (Å²) >= 11 is 0. The number of ether oxygens (including phenoxy) is 1. The first-order chi connectivity index (χ1) is 10.7. The fraction of sp³-hybridized carbons (Fsp3) is 0.250. The molecule has 0 N–H and O–H groups in total. The van der Waals surface area contributed by atoms with Gasteiger partial charge in [0.05, 0.1) is 0 Å². The number of carbonyl (C=O) groups excluding carboxylic acids is 1. The topological polar surface area (TPSA) is 26.3 Å². The van der Waals surface area contributed by atoms with Gasteiger partial charge in [-0.05, 0) is 36.2 Å². The van der Waals surface area contributed by atoms with Crippen LogP contribution < -0.4 is 4.74 Å². The Morgan fingerprint density at radius 1 is 1.00 bits per heavy atom. The minimum atomic E-state index is 0.0103. The highest BCUT2D eigenvalue weighted by Crippen LogP contribution is 2.16. The van der Waals surface area contributed by atoms with Crippen molar-refractivity contribution >= 4 is 5.78 Å². The smallest absolute Gasteiger partial charge is 0.193 e. The van der Waals surface area contributed by atoms with Crippen LogP contribution in [-0.2, 0) is 6.42 Å². The zero-order valence-corrected chi connectivity index (χ0v) is 13.4. The van der Waals surface area contributed by atoms with Crippen LogP contribution in [0.25, 0.3) is 0 Å². The number of carbonyl (C=O) groups is 1. The van der Waals surface area contributed by atoms with Crippen LogP contribution >= 0.6 is 0 Å². The Hall–Kier alpha value is -2.53. The minimum absolute atomic E-state index is 0.0103. The molecular weight excluding hydrogens is 272 g/mol. The zero-order chi connectivity index (χ0) is 16.4. The molecular formula is C20H22O2. The van der Waals surface area contributed by atoms with Crippen molar-refractivity contribution in [3.8, 4) is 18.1 Å². The second-order valence-electron chi connectivity index (χ2n) is 4.40. The van der Waals surface area contributed by atoms with Crippen molar-refractivity contribution in [3.05, 3.63) is 65.2 Å². The van der Waals surface area contributed by atoms with Crippen LogP contribution in [0.3, 0.4) is 0 Å². The quantitative estimate of drug-likeness (QED) is 0.598. The van der Waals surface area contributed by atoms with Crippen molar-refractivity contribution in [2.45, 2.75) is 27.2 Å². The van der Waals surface area contributed by atoms with Gasteiger partial charge < -0.3 is 4.74 Å². The molecule has 2 aromatic carbocycles. The Bertz CT molecular complexity index is 616. The van der Waals surface area contributed by atoms with E-state index in [1.54, 1.807) is 24.3 Å². The molecule has 0 bridgehead atoms. The minimum Gasteiger partial charge on any atom is -0.481 e. The third-order valence-corrected chi connectivity index (χ3v) is 3.06. The average molecular weight is 294 g/mol. The van der Waals surface area contributed by atoms with E-state index in [1.165, 1.54) is 5.56 Å². The summed E-state index contributed by atoms with van der Waals surface area (Å²) in [4.78, 5) is 12.3. The van der Waals surface area contributed by atoms with Gasteiger partial charge in [0.2, 0.25) is 0 Å². The average Bonchev–Trinajstić information content (AvgIpc) is 2.61. The molecule has 0 fully saturated rings. The zero-order valence-electron chi connectivity index (χ0n) is 13.4. The maximum absolute atomic E-state index is 12.3. The van der Waals surface area contributed by atoms with Gasteiger partial charge in [0, 0.05) is 11.1 Å². The van der Waals surface area contributed by atoms with Crippen molar-refractivity contribution in [1.29, 1.82) is 0 Å². The molecule has 0 aromatic heterocycles. The summed E-state index contributed by atoms with van der Waals surface area (Å²) in [6.07, 6.45) is 6.09. The lowest BCUT2D eigenvalue weighted by atomic mass is 10.0. The number of rotatable bonds is 5. The fourth-order valence-electron chi connectivity index (χ4n) is 1.89. The van der Waals surface area contributed by atoms with Crippen LogP contribution in [0, 0.1) is 12.3 Å². The largest absolute Gasteiger partial charge is 0.481 e. The molecule has 0 spiro atoms. The van der Waals surface area contributed by atoms with Crippen molar-refractivity contribution in [2.75, 3.05) is 6.61 Å². The maximum atomic E-state index is 12.3. The molecule has 0 aliphatic rings. The number of hydrogen-bond donors (Lipinski definition) is 0. The summed E-state index contributed by atoms with van der Waals surface area (Å²) in [5, 5.41) is 0. The molecule has 2 rings (SSSR count). The molecule has 0 aliphatic carbocycles. The highest BCUT2D eigenvalue weighted by Gasteiger charge is 2.08. The van der Waals surface area contributed by atoms with E-state index >= 15 is 0 Å². The molecule has 2 nitrogen and oxygen atoms in total. The van der Waals surface area contributed by atoms with E-state index in [1.807, 2.05) is 38.1 Å². The third-order valence-electron chi connectivity index (χ3n) is 3.06. The molecule has 22 heavy (non-hydrogen) atoms. The Morgan fingerprint density at radius 3 is 1.95 bits per heavy atom. The van der Waals surface area contributed by atoms with Gasteiger partial charge in [-0.15, -0.1) is 6.42 Å². The van der Waals surface area contributed by atoms with E-state index in [0.29, 0.717) is 16.9 Å². The second-order valence-corrected chi connectivity index (χ2v) is 4.40. The van der Waals surface area contributed by atoms with Crippen LogP contribution in [0.5, 0.6) is 5.75 Å². The molecule has 114 valence electrons. The van der Waals surface area contributed by atoms with Gasteiger partial charge >= 0.3 is 0 Å². The Balaban J connectivity index is 0.00000116. The van der Waals surface area contributed by atoms with E-state index < -0.39 is 0 Å². The monoisotopic (exact) mass is 294 g/mol. The highest BCUT2D eigenvalue weighted by molar-refractivity contribution is 6.09. The summed E-state index contributed by atoms with van der Waals surface area (Å²) in [5.41, 5.74) is 2.56. The Morgan fingerprint density at radius 2 is 1.50 bits per heavy atom. The molecule has 0 amide bonds. The van der Waals surface area contributed by atoms with Crippen LogP contribution in [0.4, 0.5) is 0 Å². The summed E-state index contributed by atoms with van der Waals surface area (Å²) < 4.78 is 5.28. The van der Waals surface area contributed by atoms with E-state index in [2.05, 4.69) is 12.8 Å². The van der Waals surface area contributed by atoms with Crippen molar-refractivity contribution in [2.24, 2.45) is 0 Å². The van der Waals surface area contributed by atoms with E-state index in [4.69, 9.17) is 11.2 Å². The molecule has 0 atom stereocenters. The molecule has 0 saturated heterocycles. The van der Waals surface area contributed by atoms with Gasteiger partial charge in [0.1, 0.15) is 12.4 Å². The molecule has 2 heteroatoms. The van der Waals surface area contributed by atoms with Crippen LogP contribution in [0.15, 0.2) is 48.5 Å². The van der Waals surface area contributed by atoms with Gasteiger partial charge in [-0.1, -0.05) is 51.0 Å². The van der Waals surface area contributed by atoms with Gasteiger partial charge in [0.25, 0.3) is 0 Å². The normalized spacial score (nSPS) is 9.18. The lowest BCUT2D eigenvalue weighted by molar-refractivity contribution is 0.103. The Kier molecular flexibility index (Phi) is 7.50.